The molecule has 1 amide bonds. The number of amides is 1. The summed E-state index contributed by atoms with van der Waals surface area (Å²) in [6.45, 7) is 3.73. The second-order valence-corrected chi connectivity index (χ2v) is 6.70. The van der Waals surface area contributed by atoms with Crippen LogP contribution in [0.4, 0.5) is 5.69 Å². The van der Waals surface area contributed by atoms with Gasteiger partial charge < -0.3 is 24.8 Å². The predicted molar refractivity (Wildman–Crippen MR) is 115 cm³/mol. The lowest BCUT2D eigenvalue weighted by Gasteiger charge is -2.35. The number of nitrogens with zero attached hydrogens (tertiary/aromatic N) is 2. The lowest BCUT2D eigenvalue weighted by atomic mass is 10.1. The van der Waals surface area contributed by atoms with Crippen molar-refractivity contribution in [2.24, 2.45) is 0 Å². The van der Waals surface area contributed by atoms with Gasteiger partial charge in [-0.05, 0) is 29.8 Å². The molecule has 7 nitrogen and oxygen atoms in total. The van der Waals surface area contributed by atoms with Crippen LogP contribution in [0, 0.1) is 0 Å². The number of benzene rings is 2. The highest BCUT2D eigenvalue weighted by Gasteiger charge is 2.27. The molecule has 1 aliphatic heterocycles. The molecule has 1 fully saturated rings. The molecule has 2 N–H and O–H groups in total. The summed E-state index contributed by atoms with van der Waals surface area (Å²) in [7, 11) is 4.61. The van der Waals surface area contributed by atoms with Gasteiger partial charge in [0.2, 0.25) is 5.75 Å². The predicted octanol–water partition coefficient (Wildman–Crippen LogP) is 2.67. The van der Waals surface area contributed by atoms with E-state index in [0.717, 1.165) is 25.3 Å². The molecule has 0 spiro atoms. The van der Waals surface area contributed by atoms with Crippen molar-refractivity contribution in [1.82, 2.24) is 9.80 Å². The number of nitrogens with two attached hydrogens (primary N) is 1. The molecule has 158 valence electrons. The highest BCUT2D eigenvalue weighted by Crippen LogP contribution is 2.40. The summed E-state index contributed by atoms with van der Waals surface area (Å²) < 4.78 is 16.1. The molecule has 1 saturated heterocycles. The van der Waals surface area contributed by atoms with E-state index in [0.29, 0.717) is 35.9 Å². The number of halogens is 1. The molecule has 8 heteroatoms. The molecule has 0 radical (unpaired) electrons. The van der Waals surface area contributed by atoms with E-state index in [-0.39, 0.29) is 18.3 Å². The van der Waals surface area contributed by atoms with Crippen LogP contribution in [0.3, 0.4) is 0 Å². The van der Waals surface area contributed by atoms with Crippen molar-refractivity contribution in [2.75, 3.05) is 53.2 Å². The molecule has 0 saturated carbocycles. The van der Waals surface area contributed by atoms with Crippen molar-refractivity contribution in [1.29, 1.82) is 0 Å². The summed E-state index contributed by atoms with van der Waals surface area (Å²) in [5.41, 5.74) is 8.29. The summed E-state index contributed by atoms with van der Waals surface area (Å²) >= 11 is 0. The Labute approximate surface area is 177 Å². The SMILES string of the molecule is COc1ccc(C(=O)N2CCN(Cc3cccc(N)c3)CC2)c(OC)c1OC.Cl. The zero-order chi connectivity index (χ0) is 20.1. The fourth-order valence-electron chi connectivity index (χ4n) is 3.50. The van der Waals surface area contributed by atoms with Crippen LogP contribution in [0.25, 0.3) is 0 Å². The largest absolute Gasteiger partial charge is 0.493 e. The number of methoxy groups -OCH3 is 3. The Morgan fingerprint density at radius 2 is 1.66 bits per heavy atom. The lowest BCUT2D eigenvalue weighted by molar-refractivity contribution is 0.0624. The van der Waals surface area contributed by atoms with E-state index >= 15 is 0 Å². The summed E-state index contributed by atoms with van der Waals surface area (Å²) in [5.74, 6) is 1.29. The number of carbonyl (C=O) groups excluding carboxylic acids is 1. The Bertz CT molecular complexity index is 839. The van der Waals surface area contributed by atoms with Crippen LogP contribution in [0.5, 0.6) is 17.2 Å². The average molecular weight is 422 g/mol. The van der Waals surface area contributed by atoms with Crippen molar-refractivity contribution >= 4 is 24.0 Å². The van der Waals surface area contributed by atoms with Crippen LogP contribution >= 0.6 is 12.4 Å². The van der Waals surface area contributed by atoms with Gasteiger partial charge in [-0.2, -0.15) is 0 Å². The molecule has 0 aromatic heterocycles. The van der Waals surface area contributed by atoms with E-state index in [9.17, 15) is 4.79 Å². The number of nitrogen functional groups attached to an aromatic ring is 1. The summed E-state index contributed by atoms with van der Waals surface area (Å²) in [4.78, 5) is 17.2. The molecular formula is C21H28ClN3O4. The number of ether oxygens (including phenoxy) is 3. The number of hydrogen-bond acceptors (Lipinski definition) is 6. The zero-order valence-corrected chi connectivity index (χ0v) is 17.8. The average Bonchev–Trinajstić information content (AvgIpc) is 2.72. The Balaban J connectivity index is 0.00000300. The van der Waals surface area contributed by atoms with E-state index in [1.165, 1.54) is 19.8 Å². The van der Waals surface area contributed by atoms with Gasteiger partial charge in [0.05, 0.1) is 26.9 Å². The van der Waals surface area contributed by atoms with Crippen LogP contribution < -0.4 is 19.9 Å². The van der Waals surface area contributed by atoms with Crippen LogP contribution in [-0.4, -0.2) is 63.2 Å². The standard InChI is InChI=1S/C21H27N3O4.ClH/c1-26-18-8-7-17(19(27-2)20(18)28-3)21(25)24-11-9-23(10-12-24)14-15-5-4-6-16(22)13-15;/h4-8,13H,9-12,14,22H2,1-3H3;1H. The van der Waals surface area contributed by atoms with Crippen molar-refractivity contribution in [3.63, 3.8) is 0 Å². The van der Waals surface area contributed by atoms with Crippen molar-refractivity contribution < 1.29 is 19.0 Å². The van der Waals surface area contributed by atoms with E-state index in [2.05, 4.69) is 11.0 Å². The van der Waals surface area contributed by atoms with Crippen molar-refractivity contribution in [3.05, 3.63) is 47.5 Å². The summed E-state index contributed by atoms with van der Waals surface area (Å²) in [6, 6.07) is 11.4. The van der Waals surface area contributed by atoms with Crippen LogP contribution in [-0.2, 0) is 6.54 Å². The van der Waals surface area contributed by atoms with Crippen molar-refractivity contribution in [3.8, 4) is 17.2 Å². The third-order valence-corrected chi connectivity index (χ3v) is 4.95. The Hall–Kier alpha value is -2.64. The Morgan fingerprint density at radius 3 is 2.24 bits per heavy atom. The molecule has 0 aliphatic carbocycles. The fraction of sp³-hybridized carbons (Fsp3) is 0.381. The van der Waals surface area contributed by atoms with Crippen LogP contribution in [0.15, 0.2) is 36.4 Å². The van der Waals surface area contributed by atoms with Gasteiger partial charge in [-0.1, -0.05) is 12.1 Å². The molecule has 1 heterocycles. The molecule has 2 aromatic rings. The number of carbonyl (C=O) groups is 1. The minimum absolute atomic E-state index is 0. The molecule has 0 unspecified atom stereocenters. The number of rotatable bonds is 6. The zero-order valence-electron chi connectivity index (χ0n) is 17.0. The smallest absolute Gasteiger partial charge is 0.257 e. The van der Waals surface area contributed by atoms with Crippen LogP contribution in [0.2, 0.25) is 0 Å². The van der Waals surface area contributed by atoms with Gasteiger partial charge in [0.1, 0.15) is 0 Å². The van der Waals surface area contributed by atoms with Gasteiger partial charge in [0.15, 0.2) is 11.5 Å². The third kappa shape index (κ3) is 5.05. The number of hydrogen-bond donors (Lipinski definition) is 1. The lowest BCUT2D eigenvalue weighted by Crippen LogP contribution is -2.48. The normalized spacial score (nSPS) is 14.1. The van der Waals surface area contributed by atoms with E-state index < -0.39 is 0 Å². The van der Waals surface area contributed by atoms with Gasteiger partial charge in [-0.15, -0.1) is 12.4 Å². The molecule has 29 heavy (non-hydrogen) atoms. The maximum atomic E-state index is 13.1. The minimum atomic E-state index is -0.0681. The van der Waals surface area contributed by atoms with E-state index in [4.69, 9.17) is 19.9 Å². The van der Waals surface area contributed by atoms with Gasteiger partial charge in [0, 0.05) is 38.4 Å². The van der Waals surface area contributed by atoms with Gasteiger partial charge in [0.25, 0.3) is 5.91 Å². The molecule has 0 atom stereocenters. The molecule has 3 rings (SSSR count). The second kappa shape index (κ2) is 10.2. The van der Waals surface area contributed by atoms with Gasteiger partial charge >= 0.3 is 0 Å². The molecular weight excluding hydrogens is 394 g/mol. The second-order valence-electron chi connectivity index (χ2n) is 6.70. The van der Waals surface area contributed by atoms with E-state index in [1.54, 1.807) is 19.2 Å². The van der Waals surface area contributed by atoms with Crippen LogP contribution in [0.1, 0.15) is 15.9 Å². The first-order valence-electron chi connectivity index (χ1n) is 9.22. The monoisotopic (exact) mass is 421 g/mol. The van der Waals surface area contributed by atoms with Crippen molar-refractivity contribution in [2.45, 2.75) is 6.54 Å². The Morgan fingerprint density at radius 1 is 0.966 bits per heavy atom. The fourth-order valence-corrected chi connectivity index (χ4v) is 3.50. The maximum absolute atomic E-state index is 13.1. The topological polar surface area (TPSA) is 77.3 Å². The first-order chi connectivity index (χ1) is 13.6. The highest BCUT2D eigenvalue weighted by molar-refractivity contribution is 5.98. The van der Waals surface area contributed by atoms with Gasteiger partial charge in [-0.25, -0.2) is 0 Å². The first-order valence-corrected chi connectivity index (χ1v) is 9.22. The van der Waals surface area contributed by atoms with Gasteiger partial charge in [-0.3, -0.25) is 9.69 Å². The number of piperazine rings is 1. The first kappa shape index (κ1) is 22.6. The highest BCUT2D eigenvalue weighted by atomic mass is 35.5. The molecule has 1 aliphatic rings. The summed E-state index contributed by atoms with van der Waals surface area (Å²) in [5, 5.41) is 0. The Kier molecular flexibility index (Phi) is 7.99. The maximum Gasteiger partial charge on any atom is 0.257 e. The minimum Gasteiger partial charge on any atom is -0.493 e. The quantitative estimate of drug-likeness (QED) is 0.722. The molecule has 0 bridgehead atoms. The number of anilines is 1. The molecule has 2 aromatic carbocycles. The van der Waals surface area contributed by atoms with E-state index in [1.807, 2.05) is 23.1 Å². The summed E-state index contributed by atoms with van der Waals surface area (Å²) in [6.07, 6.45) is 0. The third-order valence-electron chi connectivity index (χ3n) is 4.95.